The van der Waals surface area contributed by atoms with Crippen molar-refractivity contribution >= 4 is 5.71 Å². The van der Waals surface area contributed by atoms with Crippen LogP contribution in [0.5, 0.6) is 0 Å². The van der Waals surface area contributed by atoms with Gasteiger partial charge in [-0.05, 0) is 19.8 Å². The molecule has 7 nitrogen and oxygen atoms in total. The molecule has 0 saturated carbocycles. The standard InChI is InChI=1S/C12H22N4O3/c1-10(12(9-13)16(17)18)14-11-3-5-15(6-4-11)7-8-19-2/h9,11H,3-8,13H2,1-2H3. The summed E-state index contributed by atoms with van der Waals surface area (Å²) in [5.41, 5.74) is 5.55. The van der Waals surface area contributed by atoms with Gasteiger partial charge in [0.15, 0.2) is 0 Å². The first-order chi connectivity index (χ1) is 9.08. The Bertz CT molecular complexity index is 360. The van der Waals surface area contributed by atoms with E-state index in [4.69, 9.17) is 10.5 Å². The highest BCUT2D eigenvalue weighted by Gasteiger charge is 2.21. The van der Waals surface area contributed by atoms with Crippen molar-refractivity contribution in [1.82, 2.24) is 4.90 Å². The molecular formula is C12H22N4O3. The number of nitrogens with zero attached hydrogens (tertiary/aromatic N) is 3. The van der Waals surface area contributed by atoms with Gasteiger partial charge in [0.2, 0.25) is 0 Å². The van der Waals surface area contributed by atoms with Crippen LogP contribution in [0.4, 0.5) is 0 Å². The Balaban J connectivity index is 2.49. The van der Waals surface area contributed by atoms with Crippen molar-refractivity contribution in [3.05, 3.63) is 22.0 Å². The van der Waals surface area contributed by atoms with Crippen molar-refractivity contribution < 1.29 is 9.66 Å². The van der Waals surface area contributed by atoms with Gasteiger partial charge in [-0.25, -0.2) is 0 Å². The Kier molecular flexibility index (Phi) is 6.44. The Morgan fingerprint density at radius 1 is 1.58 bits per heavy atom. The maximum absolute atomic E-state index is 10.7. The number of nitro groups is 1. The lowest BCUT2D eigenvalue weighted by molar-refractivity contribution is -0.415. The summed E-state index contributed by atoms with van der Waals surface area (Å²) in [6.45, 7) is 5.19. The molecule has 1 fully saturated rings. The number of methoxy groups -OCH3 is 1. The van der Waals surface area contributed by atoms with Gasteiger partial charge in [0.25, 0.3) is 0 Å². The number of hydrogen-bond acceptors (Lipinski definition) is 6. The van der Waals surface area contributed by atoms with Gasteiger partial charge in [-0.1, -0.05) is 0 Å². The monoisotopic (exact) mass is 270 g/mol. The van der Waals surface area contributed by atoms with Gasteiger partial charge in [0.05, 0.1) is 23.8 Å². The van der Waals surface area contributed by atoms with Crippen LogP contribution < -0.4 is 5.73 Å². The van der Waals surface area contributed by atoms with Crippen molar-refractivity contribution in [2.24, 2.45) is 10.7 Å². The molecule has 0 amide bonds. The van der Waals surface area contributed by atoms with Gasteiger partial charge >= 0.3 is 5.70 Å². The van der Waals surface area contributed by atoms with Crippen LogP contribution >= 0.6 is 0 Å². The molecule has 0 radical (unpaired) electrons. The second kappa shape index (κ2) is 7.85. The molecule has 1 saturated heterocycles. The first-order valence-electron chi connectivity index (χ1n) is 6.40. The number of nitrogens with two attached hydrogens (primary N) is 1. The molecule has 2 N–H and O–H groups in total. The van der Waals surface area contributed by atoms with Gasteiger partial charge in [-0.2, -0.15) is 0 Å². The van der Waals surface area contributed by atoms with E-state index >= 15 is 0 Å². The zero-order chi connectivity index (χ0) is 14.3. The van der Waals surface area contributed by atoms with Crippen molar-refractivity contribution in [3.8, 4) is 0 Å². The number of ether oxygens (including phenoxy) is 1. The van der Waals surface area contributed by atoms with Crippen molar-refractivity contribution in [1.29, 1.82) is 0 Å². The maximum atomic E-state index is 10.7. The summed E-state index contributed by atoms with van der Waals surface area (Å²) in [5.74, 6) is 0. The molecule has 0 bridgehead atoms. The molecule has 1 aliphatic heterocycles. The molecule has 0 aromatic heterocycles. The summed E-state index contributed by atoms with van der Waals surface area (Å²) < 4.78 is 5.04. The van der Waals surface area contributed by atoms with E-state index in [0.29, 0.717) is 5.71 Å². The van der Waals surface area contributed by atoms with E-state index in [1.54, 1.807) is 14.0 Å². The third-order valence-corrected chi connectivity index (χ3v) is 3.27. The molecule has 0 atom stereocenters. The summed E-state index contributed by atoms with van der Waals surface area (Å²) in [5, 5.41) is 10.7. The lowest BCUT2D eigenvalue weighted by Crippen LogP contribution is -2.37. The molecule has 108 valence electrons. The van der Waals surface area contributed by atoms with Crippen LogP contribution in [0.1, 0.15) is 19.8 Å². The number of hydrogen-bond donors (Lipinski definition) is 1. The molecule has 19 heavy (non-hydrogen) atoms. The van der Waals surface area contributed by atoms with E-state index in [-0.39, 0.29) is 11.7 Å². The molecule has 0 aromatic rings. The highest BCUT2D eigenvalue weighted by molar-refractivity contribution is 5.95. The van der Waals surface area contributed by atoms with Crippen LogP contribution in [-0.2, 0) is 4.74 Å². The number of piperidine rings is 1. The minimum atomic E-state index is -0.494. The minimum Gasteiger partial charge on any atom is -0.399 e. The summed E-state index contributed by atoms with van der Waals surface area (Å²) in [6.07, 6.45) is 2.83. The lowest BCUT2D eigenvalue weighted by Gasteiger charge is -2.29. The van der Waals surface area contributed by atoms with Gasteiger partial charge in [0, 0.05) is 26.7 Å². The fourth-order valence-electron chi connectivity index (χ4n) is 2.15. The molecule has 0 spiro atoms. The zero-order valence-corrected chi connectivity index (χ0v) is 11.5. The van der Waals surface area contributed by atoms with Gasteiger partial charge < -0.3 is 15.4 Å². The molecule has 1 aliphatic rings. The van der Waals surface area contributed by atoms with Crippen molar-refractivity contribution in [3.63, 3.8) is 0 Å². The topological polar surface area (TPSA) is 94.0 Å². The van der Waals surface area contributed by atoms with Crippen molar-refractivity contribution in [2.75, 3.05) is 33.4 Å². The molecule has 7 heteroatoms. The van der Waals surface area contributed by atoms with Crippen LogP contribution in [0.3, 0.4) is 0 Å². The first kappa shape index (κ1) is 15.6. The van der Waals surface area contributed by atoms with Gasteiger partial charge in [-0.15, -0.1) is 0 Å². The van der Waals surface area contributed by atoms with Gasteiger partial charge in [0.1, 0.15) is 5.71 Å². The van der Waals surface area contributed by atoms with Crippen LogP contribution in [-0.4, -0.2) is 54.9 Å². The predicted molar refractivity (Wildman–Crippen MR) is 73.7 cm³/mol. The van der Waals surface area contributed by atoms with Crippen LogP contribution in [0.15, 0.2) is 16.9 Å². The minimum absolute atomic E-state index is 0.109. The first-order valence-corrected chi connectivity index (χ1v) is 6.40. The second-order valence-corrected chi connectivity index (χ2v) is 4.59. The van der Waals surface area contributed by atoms with Crippen LogP contribution in [0, 0.1) is 10.1 Å². The fraction of sp³-hybridized carbons (Fsp3) is 0.750. The average molecular weight is 270 g/mol. The molecule has 1 heterocycles. The Morgan fingerprint density at radius 3 is 2.68 bits per heavy atom. The third-order valence-electron chi connectivity index (χ3n) is 3.27. The Morgan fingerprint density at radius 2 is 2.21 bits per heavy atom. The fourth-order valence-corrected chi connectivity index (χ4v) is 2.15. The molecular weight excluding hydrogens is 248 g/mol. The van der Waals surface area contributed by atoms with E-state index in [9.17, 15) is 10.1 Å². The summed E-state index contributed by atoms with van der Waals surface area (Å²) in [7, 11) is 1.69. The van der Waals surface area contributed by atoms with E-state index in [0.717, 1.165) is 45.3 Å². The number of likely N-dealkylation sites (tertiary alicyclic amines) is 1. The van der Waals surface area contributed by atoms with E-state index in [1.165, 1.54) is 0 Å². The normalized spacial score (nSPS) is 19.7. The molecule has 1 rings (SSSR count). The molecule has 0 aromatic carbocycles. The highest BCUT2D eigenvalue weighted by Crippen LogP contribution is 2.14. The van der Waals surface area contributed by atoms with E-state index in [2.05, 4.69) is 9.89 Å². The average Bonchev–Trinajstić information content (AvgIpc) is 2.38. The van der Waals surface area contributed by atoms with E-state index in [1.807, 2.05) is 0 Å². The second-order valence-electron chi connectivity index (χ2n) is 4.59. The third kappa shape index (κ3) is 4.96. The number of allylic oxidation sites excluding steroid dienone is 1. The predicted octanol–water partition coefficient (Wildman–Crippen LogP) is 0.635. The SMILES string of the molecule is COCCN1CCC(N=C(C)C(=CN)[N+](=O)[O-])CC1. The number of rotatable bonds is 6. The Labute approximate surface area is 113 Å². The summed E-state index contributed by atoms with van der Waals surface area (Å²) >= 11 is 0. The zero-order valence-electron chi connectivity index (χ0n) is 11.5. The largest absolute Gasteiger partial charge is 0.399 e. The smallest absolute Gasteiger partial charge is 0.305 e. The van der Waals surface area contributed by atoms with Crippen LogP contribution in [0.2, 0.25) is 0 Å². The summed E-state index contributed by atoms with van der Waals surface area (Å²) in [6, 6.07) is 0.147. The molecule has 0 aliphatic carbocycles. The highest BCUT2D eigenvalue weighted by atomic mass is 16.6. The number of aliphatic imine (C=N–C) groups is 1. The maximum Gasteiger partial charge on any atom is 0.305 e. The summed E-state index contributed by atoms with van der Waals surface area (Å²) in [4.78, 5) is 17.0. The van der Waals surface area contributed by atoms with E-state index < -0.39 is 4.92 Å². The quantitative estimate of drug-likeness (QED) is 0.434. The van der Waals surface area contributed by atoms with Crippen molar-refractivity contribution in [2.45, 2.75) is 25.8 Å². The molecule has 0 unspecified atom stereocenters. The van der Waals surface area contributed by atoms with Gasteiger partial charge in [-0.3, -0.25) is 15.1 Å². The van der Waals surface area contributed by atoms with Crippen LogP contribution in [0.25, 0.3) is 0 Å². The lowest BCUT2D eigenvalue weighted by atomic mass is 10.1. The Hall–Kier alpha value is -1.47.